The molecule has 0 amide bonds. The second-order valence-corrected chi connectivity index (χ2v) is 5.28. The molecule has 0 aliphatic rings. The lowest BCUT2D eigenvalue weighted by Gasteiger charge is -2.09. The molecule has 0 bridgehead atoms. The molecule has 0 spiro atoms. The second kappa shape index (κ2) is 6.58. The SMILES string of the molecule is Cc1nc(Cl)ncc1-c1cccc(OCc2ccccc2)c1. The summed E-state index contributed by atoms with van der Waals surface area (Å²) in [5.41, 5.74) is 3.95. The standard InChI is InChI=1S/C18H15ClN2O/c1-13-17(11-20-18(19)21-13)15-8-5-9-16(10-15)22-12-14-6-3-2-4-7-14/h2-11H,12H2,1H3. The molecule has 0 saturated heterocycles. The predicted molar refractivity (Wildman–Crippen MR) is 88.0 cm³/mol. The van der Waals surface area contributed by atoms with Gasteiger partial charge in [-0.25, -0.2) is 9.97 Å². The van der Waals surface area contributed by atoms with Crippen molar-refractivity contribution >= 4 is 11.6 Å². The lowest BCUT2D eigenvalue weighted by molar-refractivity contribution is 0.306. The maximum absolute atomic E-state index is 5.85. The van der Waals surface area contributed by atoms with E-state index in [0.717, 1.165) is 28.1 Å². The molecule has 2 aromatic carbocycles. The molecule has 0 unspecified atom stereocenters. The highest BCUT2D eigenvalue weighted by molar-refractivity contribution is 6.28. The van der Waals surface area contributed by atoms with Crippen molar-refractivity contribution in [1.82, 2.24) is 9.97 Å². The third kappa shape index (κ3) is 3.43. The van der Waals surface area contributed by atoms with Crippen molar-refractivity contribution in [2.24, 2.45) is 0 Å². The third-order valence-corrected chi connectivity index (χ3v) is 3.53. The van der Waals surface area contributed by atoms with Gasteiger partial charge in [0.25, 0.3) is 0 Å². The van der Waals surface area contributed by atoms with E-state index in [4.69, 9.17) is 16.3 Å². The molecule has 4 heteroatoms. The zero-order valence-electron chi connectivity index (χ0n) is 12.2. The van der Waals surface area contributed by atoms with Crippen LogP contribution in [-0.2, 0) is 6.61 Å². The zero-order chi connectivity index (χ0) is 15.4. The first-order chi connectivity index (χ1) is 10.7. The average molecular weight is 311 g/mol. The Labute approximate surface area is 134 Å². The molecule has 1 heterocycles. The predicted octanol–water partition coefficient (Wildman–Crippen LogP) is 4.68. The molecule has 0 saturated carbocycles. The van der Waals surface area contributed by atoms with Gasteiger partial charge in [0.1, 0.15) is 12.4 Å². The number of halogens is 1. The van der Waals surface area contributed by atoms with Crippen LogP contribution in [0, 0.1) is 6.92 Å². The number of benzene rings is 2. The Bertz CT molecular complexity index is 775. The molecule has 22 heavy (non-hydrogen) atoms. The number of aromatic nitrogens is 2. The summed E-state index contributed by atoms with van der Waals surface area (Å²) in [7, 11) is 0. The van der Waals surface area contributed by atoms with Crippen molar-refractivity contribution in [3.8, 4) is 16.9 Å². The van der Waals surface area contributed by atoms with Crippen molar-refractivity contribution < 1.29 is 4.74 Å². The minimum atomic E-state index is 0.262. The molecule has 1 aromatic heterocycles. The van der Waals surface area contributed by atoms with Crippen LogP contribution < -0.4 is 4.74 Å². The van der Waals surface area contributed by atoms with Gasteiger partial charge in [0, 0.05) is 11.8 Å². The summed E-state index contributed by atoms with van der Waals surface area (Å²) in [5.74, 6) is 0.815. The van der Waals surface area contributed by atoms with Crippen molar-refractivity contribution in [3.05, 3.63) is 77.3 Å². The summed E-state index contributed by atoms with van der Waals surface area (Å²) in [5, 5.41) is 0.262. The number of aryl methyl sites for hydroxylation is 1. The van der Waals surface area contributed by atoms with Crippen LogP contribution in [0.3, 0.4) is 0 Å². The Balaban J connectivity index is 1.80. The van der Waals surface area contributed by atoms with Gasteiger partial charge in [0.2, 0.25) is 5.28 Å². The molecular formula is C18H15ClN2O. The minimum Gasteiger partial charge on any atom is -0.489 e. The van der Waals surface area contributed by atoms with Gasteiger partial charge in [-0.05, 0) is 41.8 Å². The molecule has 0 fully saturated rings. The fourth-order valence-corrected chi connectivity index (χ4v) is 2.39. The monoisotopic (exact) mass is 310 g/mol. The Morgan fingerprint density at radius 3 is 2.64 bits per heavy atom. The maximum atomic E-state index is 5.85. The van der Waals surface area contributed by atoms with Crippen LogP contribution in [-0.4, -0.2) is 9.97 Å². The molecule has 0 N–H and O–H groups in total. The lowest BCUT2D eigenvalue weighted by atomic mass is 10.1. The van der Waals surface area contributed by atoms with E-state index in [0.29, 0.717) is 6.61 Å². The molecule has 3 nitrogen and oxygen atoms in total. The van der Waals surface area contributed by atoms with Crippen molar-refractivity contribution in [3.63, 3.8) is 0 Å². The first kappa shape index (κ1) is 14.5. The Kier molecular flexibility index (Phi) is 4.35. The third-order valence-electron chi connectivity index (χ3n) is 3.34. The molecule has 3 rings (SSSR count). The fourth-order valence-electron chi connectivity index (χ4n) is 2.22. The van der Waals surface area contributed by atoms with Crippen LogP contribution in [0.4, 0.5) is 0 Å². The fraction of sp³-hybridized carbons (Fsp3) is 0.111. The highest BCUT2D eigenvalue weighted by atomic mass is 35.5. The number of ether oxygens (including phenoxy) is 1. The molecule has 0 aliphatic heterocycles. The van der Waals surface area contributed by atoms with Crippen LogP contribution in [0.15, 0.2) is 60.8 Å². The maximum Gasteiger partial charge on any atom is 0.222 e. The van der Waals surface area contributed by atoms with Crippen molar-refractivity contribution in [1.29, 1.82) is 0 Å². The smallest absolute Gasteiger partial charge is 0.222 e. The van der Waals surface area contributed by atoms with E-state index in [1.165, 1.54) is 0 Å². The largest absolute Gasteiger partial charge is 0.489 e. The van der Waals surface area contributed by atoms with E-state index < -0.39 is 0 Å². The summed E-state index contributed by atoms with van der Waals surface area (Å²) in [4.78, 5) is 8.24. The van der Waals surface area contributed by atoms with Crippen LogP contribution in [0.5, 0.6) is 5.75 Å². The quantitative estimate of drug-likeness (QED) is 0.656. The summed E-state index contributed by atoms with van der Waals surface area (Å²) in [6, 6.07) is 18.0. The topological polar surface area (TPSA) is 35.0 Å². The second-order valence-electron chi connectivity index (χ2n) is 4.94. The van der Waals surface area contributed by atoms with Crippen LogP contribution in [0.2, 0.25) is 5.28 Å². The first-order valence-electron chi connectivity index (χ1n) is 6.99. The van der Waals surface area contributed by atoms with Crippen molar-refractivity contribution in [2.75, 3.05) is 0 Å². The Morgan fingerprint density at radius 2 is 1.86 bits per heavy atom. The number of hydrogen-bond donors (Lipinski definition) is 0. The highest BCUT2D eigenvalue weighted by Gasteiger charge is 2.06. The summed E-state index contributed by atoms with van der Waals surface area (Å²) in [6.45, 7) is 2.46. The van der Waals surface area contributed by atoms with E-state index in [9.17, 15) is 0 Å². The van der Waals surface area contributed by atoms with Gasteiger partial charge >= 0.3 is 0 Å². The highest BCUT2D eigenvalue weighted by Crippen LogP contribution is 2.26. The Hall–Kier alpha value is -2.39. The average Bonchev–Trinajstić information content (AvgIpc) is 2.54. The van der Waals surface area contributed by atoms with E-state index in [1.807, 2.05) is 61.5 Å². The van der Waals surface area contributed by atoms with Gasteiger partial charge in [-0.15, -0.1) is 0 Å². The van der Waals surface area contributed by atoms with Gasteiger partial charge in [-0.1, -0.05) is 42.5 Å². The molecule has 110 valence electrons. The molecule has 0 aliphatic carbocycles. The first-order valence-corrected chi connectivity index (χ1v) is 7.36. The van der Waals surface area contributed by atoms with Crippen molar-refractivity contribution in [2.45, 2.75) is 13.5 Å². The molecule has 0 radical (unpaired) electrons. The molecule has 0 atom stereocenters. The summed E-state index contributed by atoms with van der Waals surface area (Å²) in [6.07, 6.45) is 1.74. The Morgan fingerprint density at radius 1 is 1.05 bits per heavy atom. The van der Waals surface area contributed by atoms with E-state index in [1.54, 1.807) is 6.20 Å². The van der Waals surface area contributed by atoms with Gasteiger partial charge < -0.3 is 4.74 Å². The summed E-state index contributed by atoms with van der Waals surface area (Å²) < 4.78 is 5.85. The minimum absolute atomic E-state index is 0.262. The lowest BCUT2D eigenvalue weighted by Crippen LogP contribution is -1.96. The summed E-state index contributed by atoms with van der Waals surface area (Å²) >= 11 is 5.81. The van der Waals surface area contributed by atoms with Crippen LogP contribution >= 0.6 is 11.6 Å². The van der Waals surface area contributed by atoms with Gasteiger partial charge in [-0.3, -0.25) is 0 Å². The van der Waals surface area contributed by atoms with Gasteiger partial charge in [0.05, 0.1) is 5.69 Å². The van der Waals surface area contributed by atoms with E-state index in [-0.39, 0.29) is 5.28 Å². The number of nitrogens with zero attached hydrogens (tertiary/aromatic N) is 2. The number of rotatable bonds is 4. The van der Waals surface area contributed by atoms with E-state index in [2.05, 4.69) is 9.97 Å². The van der Waals surface area contributed by atoms with Crippen LogP contribution in [0.1, 0.15) is 11.3 Å². The van der Waals surface area contributed by atoms with Gasteiger partial charge in [0.15, 0.2) is 0 Å². The van der Waals surface area contributed by atoms with Gasteiger partial charge in [-0.2, -0.15) is 0 Å². The normalized spacial score (nSPS) is 10.5. The van der Waals surface area contributed by atoms with Crippen LogP contribution in [0.25, 0.3) is 11.1 Å². The van der Waals surface area contributed by atoms with E-state index >= 15 is 0 Å². The molecular weight excluding hydrogens is 296 g/mol. The molecule has 3 aromatic rings. The zero-order valence-corrected chi connectivity index (χ0v) is 12.9. The number of hydrogen-bond acceptors (Lipinski definition) is 3.